The molecule has 58 valence electrons. The fourth-order valence-corrected chi connectivity index (χ4v) is 0.499. The molecule has 0 saturated heterocycles. The van der Waals surface area contributed by atoms with Crippen LogP contribution >= 0.6 is 0 Å². The number of esters is 1. The SMILES string of the molecule is COC(=O)C(C)C[N+](=O)[O-]. The summed E-state index contributed by atoms with van der Waals surface area (Å²) < 4.78 is 4.27. The smallest absolute Gasteiger partial charge is 0.315 e. The molecule has 0 N–H and O–H groups in total. The summed E-state index contributed by atoms with van der Waals surface area (Å²) in [5.41, 5.74) is 0. The number of hydrogen-bond acceptors (Lipinski definition) is 4. The first-order chi connectivity index (χ1) is 4.57. The minimum Gasteiger partial charge on any atom is -0.469 e. The predicted octanol–water partition coefficient (Wildman–Crippen LogP) is 0.0722. The van der Waals surface area contributed by atoms with E-state index in [9.17, 15) is 14.9 Å². The Morgan fingerprint density at radius 3 is 2.60 bits per heavy atom. The summed E-state index contributed by atoms with van der Waals surface area (Å²) in [7, 11) is 1.21. The molecule has 0 aliphatic heterocycles. The van der Waals surface area contributed by atoms with E-state index in [1.807, 2.05) is 0 Å². The molecule has 0 heterocycles. The number of nitro groups is 1. The highest BCUT2D eigenvalue weighted by Gasteiger charge is 2.18. The van der Waals surface area contributed by atoms with E-state index < -0.39 is 16.8 Å². The monoisotopic (exact) mass is 147 g/mol. The highest BCUT2D eigenvalue weighted by Crippen LogP contribution is 1.96. The molecule has 0 aliphatic carbocycles. The van der Waals surface area contributed by atoms with Gasteiger partial charge in [-0.2, -0.15) is 0 Å². The van der Waals surface area contributed by atoms with Gasteiger partial charge in [-0.25, -0.2) is 0 Å². The Balaban J connectivity index is 3.72. The third-order valence-electron chi connectivity index (χ3n) is 1.03. The average Bonchev–Trinajstić information content (AvgIpc) is 1.85. The Morgan fingerprint density at radius 2 is 2.30 bits per heavy atom. The average molecular weight is 147 g/mol. The van der Waals surface area contributed by atoms with Crippen LogP contribution in [0.5, 0.6) is 0 Å². The van der Waals surface area contributed by atoms with Crippen LogP contribution in [-0.4, -0.2) is 24.5 Å². The van der Waals surface area contributed by atoms with Gasteiger partial charge in [0, 0.05) is 4.92 Å². The molecule has 0 saturated carbocycles. The number of carbonyl (C=O) groups is 1. The summed E-state index contributed by atoms with van der Waals surface area (Å²) >= 11 is 0. The van der Waals surface area contributed by atoms with E-state index in [0.29, 0.717) is 0 Å². The third kappa shape index (κ3) is 3.01. The number of carbonyl (C=O) groups excluding carboxylic acids is 1. The van der Waals surface area contributed by atoms with Gasteiger partial charge in [0.15, 0.2) is 0 Å². The quantitative estimate of drug-likeness (QED) is 0.322. The Hall–Kier alpha value is -1.13. The van der Waals surface area contributed by atoms with Gasteiger partial charge in [-0.3, -0.25) is 14.9 Å². The topological polar surface area (TPSA) is 69.4 Å². The van der Waals surface area contributed by atoms with Gasteiger partial charge >= 0.3 is 5.97 Å². The predicted molar refractivity (Wildman–Crippen MR) is 33.0 cm³/mol. The molecule has 0 aromatic heterocycles. The zero-order valence-electron chi connectivity index (χ0n) is 5.86. The zero-order chi connectivity index (χ0) is 8.15. The molecule has 1 atom stereocenters. The Labute approximate surface area is 58.1 Å². The Bertz CT molecular complexity index is 145. The van der Waals surface area contributed by atoms with Crippen molar-refractivity contribution in [2.75, 3.05) is 13.7 Å². The number of rotatable bonds is 3. The van der Waals surface area contributed by atoms with Crippen molar-refractivity contribution in [3.8, 4) is 0 Å². The van der Waals surface area contributed by atoms with Crippen LogP contribution in [0.4, 0.5) is 0 Å². The lowest BCUT2D eigenvalue weighted by atomic mass is 10.2. The fourth-order valence-electron chi connectivity index (χ4n) is 0.499. The highest BCUT2D eigenvalue weighted by molar-refractivity contribution is 5.71. The third-order valence-corrected chi connectivity index (χ3v) is 1.03. The fraction of sp³-hybridized carbons (Fsp3) is 0.800. The van der Waals surface area contributed by atoms with Crippen molar-refractivity contribution in [1.82, 2.24) is 0 Å². The van der Waals surface area contributed by atoms with Crippen LogP contribution in [-0.2, 0) is 9.53 Å². The van der Waals surface area contributed by atoms with E-state index in [1.54, 1.807) is 0 Å². The molecular weight excluding hydrogens is 138 g/mol. The van der Waals surface area contributed by atoms with Crippen molar-refractivity contribution >= 4 is 5.97 Å². The number of ether oxygens (including phenoxy) is 1. The van der Waals surface area contributed by atoms with Gasteiger partial charge in [-0.1, -0.05) is 0 Å². The lowest BCUT2D eigenvalue weighted by molar-refractivity contribution is -0.485. The number of nitrogens with zero attached hydrogens (tertiary/aromatic N) is 1. The number of methoxy groups -OCH3 is 1. The lowest BCUT2D eigenvalue weighted by Crippen LogP contribution is -2.21. The summed E-state index contributed by atoms with van der Waals surface area (Å²) in [5.74, 6) is -1.20. The standard InChI is InChI=1S/C5H9NO4/c1-4(3-6(8)9)5(7)10-2/h4H,3H2,1-2H3. The van der Waals surface area contributed by atoms with Crippen LogP contribution in [0.25, 0.3) is 0 Å². The van der Waals surface area contributed by atoms with Gasteiger partial charge in [-0.05, 0) is 6.92 Å². The minimum absolute atomic E-state index is 0.368. The normalized spacial score (nSPS) is 12.2. The lowest BCUT2D eigenvalue weighted by Gasteiger charge is -2.01. The van der Waals surface area contributed by atoms with Crippen molar-refractivity contribution in [1.29, 1.82) is 0 Å². The van der Waals surface area contributed by atoms with Crippen molar-refractivity contribution in [3.63, 3.8) is 0 Å². The molecule has 5 nitrogen and oxygen atoms in total. The Kier molecular flexibility index (Phi) is 3.38. The summed E-state index contributed by atoms with van der Waals surface area (Å²) in [6.45, 7) is 1.08. The molecule has 5 heteroatoms. The maximum absolute atomic E-state index is 10.5. The summed E-state index contributed by atoms with van der Waals surface area (Å²) in [5, 5.41) is 9.83. The van der Waals surface area contributed by atoms with Gasteiger partial charge in [0.25, 0.3) is 0 Å². The van der Waals surface area contributed by atoms with Crippen LogP contribution in [0.1, 0.15) is 6.92 Å². The van der Waals surface area contributed by atoms with Crippen LogP contribution in [0.2, 0.25) is 0 Å². The Morgan fingerprint density at radius 1 is 1.80 bits per heavy atom. The first-order valence-electron chi connectivity index (χ1n) is 2.77. The van der Waals surface area contributed by atoms with Crippen molar-refractivity contribution < 1.29 is 14.5 Å². The van der Waals surface area contributed by atoms with Crippen LogP contribution in [0, 0.1) is 16.0 Å². The van der Waals surface area contributed by atoms with E-state index in [1.165, 1.54) is 14.0 Å². The molecule has 0 bridgehead atoms. The zero-order valence-corrected chi connectivity index (χ0v) is 5.86. The van der Waals surface area contributed by atoms with Crippen molar-refractivity contribution in [2.45, 2.75) is 6.92 Å². The van der Waals surface area contributed by atoms with E-state index in [4.69, 9.17) is 0 Å². The molecule has 0 aromatic carbocycles. The second-order valence-electron chi connectivity index (χ2n) is 1.94. The number of hydrogen-bond donors (Lipinski definition) is 0. The van der Waals surface area contributed by atoms with E-state index in [0.717, 1.165) is 0 Å². The second kappa shape index (κ2) is 3.81. The van der Waals surface area contributed by atoms with E-state index in [-0.39, 0.29) is 6.54 Å². The maximum Gasteiger partial charge on any atom is 0.315 e. The molecule has 0 aliphatic rings. The molecule has 0 amide bonds. The largest absolute Gasteiger partial charge is 0.469 e. The maximum atomic E-state index is 10.5. The van der Waals surface area contributed by atoms with E-state index in [2.05, 4.69) is 4.74 Å². The van der Waals surface area contributed by atoms with Gasteiger partial charge < -0.3 is 4.74 Å². The molecule has 10 heavy (non-hydrogen) atoms. The molecule has 0 aromatic rings. The van der Waals surface area contributed by atoms with Crippen molar-refractivity contribution in [2.24, 2.45) is 5.92 Å². The van der Waals surface area contributed by atoms with Gasteiger partial charge in [-0.15, -0.1) is 0 Å². The van der Waals surface area contributed by atoms with Gasteiger partial charge in [0.2, 0.25) is 6.54 Å². The van der Waals surface area contributed by atoms with Crippen LogP contribution in [0.3, 0.4) is 0 Å². The van der Waals surface area contributed by atoms with E-state index >= 15 is 0 Å². The highest BCUT2D eigenvalue weighted by atomic mass is 16.6. The molecule has 0 fully saturated rings. The van der Waals surface area contributed by atoms with Gasteiger partial charge in [0.05, 0.1) is 7.11 Å². The summed E-state index contributed by atoms with van der Waals surface area (Å²) in [6, 6.07) is 0. The minimum atomic E-state index is -0.653. The first-order valence-corrected chi connectivity index (χ1v) is 2.77. The molecular formula is C5H9NO4. The summed E-state index contributed by atoms with van der Waals surface area (Å²) in [6.07, 6.45) is 0. The molecule has 0 rings (SSSR count). The van der Waals surface area contributed by atoms with Crippen LogP contribution < -0.4 is 0 Å². The molecule has 1 unspecified atom stereocenters. The molecule has 0 radical (unpaired) electrons. The second-order valence-corrected chi connectivity index (χ2v) is 1.94. The summed E-state index contributed by atoms with van der Waals surface area (Å²) in [4.78, 5) is 19.8. The molecule has 0 spiro atoms. The van der Waals surface area contributed by atoms with Crippen LogP contribution in [0.15, 0.2) is 0 Å². The van der Waals surface area contributed by atoms with Crippen molar-refractivity contribution in [3.05, 3.63) is 10.1 Å². The van der Waals surface area contributed by atoms with Gasteiger partial charge in [0.1, 0.15) is 5.92 Å². The first kappa shape index (κ1) is 8.87.